The predicted octanol–water partition coefficient (Wildman–Crippen LogP) is 5.54. The number of furan rings is 1. The van der Waals surface area contributed by atoms with Gasteiger partial charge < -0.3 is 18.6 Å². The number of allylic oxidation sites excluding steroid dienone is 1. The van der Waals surface area contributed by atoms with Crippen molar-refractivity contribution in [1.29, 1.82) is 0 Å². The van der Waals surface area contributed by atoms with E-state index >= 15 is 0 Å². The Morgan fingerprint density at radius 2 is 1.71 bits per heavy atom. The molecule has 0 saturated carbocycles. The highest BCUT2D eigenvalue weighted by molar-refractivity contribution is 9.10. The summed E-state index contributed by atoms with van der Waals surface area (Å²) in [6, 6.07) is 10.9. The molecule has 1 aromatic heterocycles. The summed E-state index contributed by atoms with van der Waals surface area (Å²) < 4.78 is 22.1. The lowest BCUT2D eigenvalue weighted by Crippen LogP contribution is -2.00. The van der Waals surface area contributed by atoms with Gasteiger partial charge >= 0.3 is 0 Å². The Morgan fingerprint density at radius 3 is 2.26 bits per heavy atom. The highest BCUT2D eigenvalue weighted by Crippen LogP contribution is 2.38. The molecule has 0 radical (unpaired) electrons. The zero-order valence-corrected chi connectivity index (χ0v) is 18.5. The number of halogens is 1. The van der Waals surface area contributed by atoms with Gasteiger partial charge in [-0.3, -0.25) is 14.9 Å². The van der Waals surface area contributed by atoms with Crippen LogP contribution in [0.5, 0.6) is 17.2 Å². The van der Waals surface area contributed by atoms with Crippen molar-refractivity contribution in [2.24, 2.45) is 0 Å². The van der Waals surface area contributed by atoms with Gasteiger partial charge in [-0.2, -0.15) is 0 Å². The molecular weight excluding hydrogens is 470 g/mol. The van der Waals surface area contributed by atoms with E-state index in [0.29, 0.717) is 44.4 Å². The summed E-state index contributed by atoms with van der Waals surface area (Å²) in [6.45, 7) is 0. The third-order valence-electron chi connectivity index (χ3n) is 4.40. The highest BCUT2D eigenvalue weighted by Gasteiger charge is 2.16. The standard InChI is InChI=1S/C22H18BrNO7/c1-28-20-10-13(11-21(29-2)22(20)30-3)18(25)8-5-15-6-9-19(31-15)16-7-4-14(24(26)27)12-17(16)23/h4-12H,1-3H3. The van der Waals surface area contributed by atoms with Crippen LogP contribution in [0.4, 0.5) is 5.69 Å². The molecular formula is C22H18BrNO7. The van der Waals surface area contributed by atoms with Crippen molar-refractivity contribution in [1.82, 2.24) is 0 Å². The maximum atomic E-state index is 12.6. The third kappa shape index (κ3) is 4.77. The van der Waals surface area contributed by atoms with E-state index in [1.165, 1.54) is 45.6 Å². The van der Waals surface area contributed by atoms with E-state index in [2.05, 4.69) is 15.9 Å². The van der Waals surface area contributed by atoms with E-state index in [0.717, 1.165) is 0 Å². The van der Waals surface area contributed by atoms with Gasteiger partial charge in [-0.15, -0.1) is 0 Å². The van der Waals surface area contributed by atoms with E-state index in [9.17, 15) is 14.9 Å². The van der Waals surface area contributed by atoms with Crippen LogP contribution in [-0.4, -0.2) is 32.0 Å². The van der Waals surface area contributed by atoms with Crippen LogP contribution in [0.2, 0.25) is 0 Å². The first-order chi connectivity index (χ1) is 14.9. The average Bonchev–Trinajstić information content (AvgIpc) is 3.24. The topological polar surface area (TPSA) is 101 Å². The molecule has 160 valence electrons. The number of hydrogen-bond donors (Lipinski definition) is 0. The number of hydrogen-bond acceptors (Lipinski definition) is 7. The quantitative estimate of drug-likeness (QED) is 0.178. The summed E-state index contributed by atoms with van der Waals surface area (Å²) in [4.78, 5) is 23.0. The number of ketones is 1. The van der Waals surface area contributed by atoms with Crippen LogP contribution in [0.15, 0.2) is 57.4 Å². The molecule has 0 bridgehead atoms. The molecule has 0 aliphatic carbocycles. The lowest BCUT2D eigenvalue weighted by molar-refractivity contribution is -0.384. The van der Waals surface area contributed by atoms with Crippen LogP contribution < -0.4 is 14.2 Å². The fourth-order valence-corrected chi connectivity index (χ4v) is 3.44. The first-order valence-corrected chi connectivity index (χ1v) is 9.73. The molecule has 0 amide bonds. The van der Waals surface area contributed by atoms with Crippen LogP contribution in [0.25, 0.3) is 17.4 Å². The van der Waals surface area contributed by atoms with Gasteiger partial charge in [0.25, 0.3) is 5.69 Å². The molecule has 2 aromatic carbocycles. The number of nitro groups is 1. The SMILES string of the molecule is COc1cc(C(=O)C=Cc2ccc(-c3ccc([N+](=O)[O-])cc3Br)o2)cc(OC)c1OC. The van der Waals surface area contributed by atoms with Crippen molar-refractivity contribution in [3.63, 3.8) is 0 Å². The van der Waals surface area contributed by atoms with Gasteiger partial charge in [0.1, 0.15) is 11.5 Å². The summed E-state index contributed by atoms with van der Waals surface area (Å²) in [5, 5.41) is 10.9. The summed E-state index contributed by atoms with van der Waals surface area (Å²) in [5.41, 5.74) is 0.982. The molecule has 0 atom stereocenters. The van der Waals surface area contributed by atoms with Gasteiger partial charge in [0.15, 0.2) is 17.3 Å². The first-order valence-electron chi connectivity index (χ1n) is 8.94. The Hall–Kier alpha value is -3.59. The molecule has 9 heteroatoms. The number of benzene rings is 2. The van der Waals surface area contributed by atoms with E-state index in [4.69, 9.17) is 18.6 Å². The Balaban J connectivity index is 1.83. The maximum Gasteiger partial charge on any atom is 0.270 e. The Labute approximate surface area is 186 Å². The lowest BCUT2D eigenvalue weighted by Gasteiger charge is -2.13. The van der Waals surface area contributed by atoms with Gasteiger partial charge in [-0.05, 0) is 58.4 Å². The van der Waals surface area contributed by atoms with Crippen molar-refractivity contribution in [2.45, 2.75) is 0 Å². The molecule has 0 unspecified atom stereocenters. The van der Waals surface area contributed by atoms with Crippen molar-refractivity contribution in [3.05, 3.63) is 74.5 Å². The van der Waals surface area contributed by atoms with Crippen molar-refractivity contribution < 1.29 is 28.3 Å². The van der Waals surface area contributed by atoms with Crippen molar-refractivity contribution >= 4 is 33.5 Å². The molecule has 0 fully saturated rings. The van der Waals surface area contributed by atoms with Crippen LogP contribution in [0.3, 0.4) is 0 Å². The minimum Gasteiger partial charge on any atom is -0.493 e. The summed E-state index contributed by atoms with van der Waals surface area (Å²) in [5.74, 6) is 1.81. The van der Waals surface area contributed by atoms with E-state index in [1.807, 2.05) is 0 Å². The zero-order valence-electron chi connectivity index (χ0n) is 16.9. The van der Waals surface area contributed by atoms with Crippen LogP contribution >= 0.6 is 15.9 Å². The Morgan fingerprint density at radius 1 is 1.03 bits per heavy atom. The largest absolute Gasteiger partial charge is 0.493 e. The molecule has 0 spiro atoms. The number of carbonyl (C=O) groups is 1. The van der Waals surface area contributed by atoms with E-state index in [-0.39, 0.29) is 11.5 Å². The van der Waals surface area contributed by atoms with Gasteiger partial charge in [-0.1, -0.05) is 0 Å². The third-order valence-corrected chi connectivity index (χ3v) is 5.06. The minimum absolute atomic E-state index is 0.0294. The maximum absolute atomic E-state index is 12.6. The zero-order chi connectivity index (χ0) is 22.5. The van der Waals surface area contributed by atoms with Crippen LogP contribution in [0.1, 0.15) is 16.1 Å². The summed E-state index contributed by atoms with van der Waals surface area (Å²) >= 11 is 3.32. The Kier molecular flexibility index (Phi) is 6.76. The fourth-order valence-electron chi connectivity index (χ4n) is 2.88. The number of rotatable bonds is 8. The highest BCUT2D eigenvalue weighted by atomic mass is 79.9. The van der Waals surface area contributed by atoms with Gasteiger partial charge in [0, 0.05) is 27.7 Å². The summed E-state index contributed by atoms with van der Waals surface area (Å²) in [7, 11) is 4.43. The molecule has 0 N–H and O–H groups in total. The molecule has 0 saturated heterocycles. The normalized spacial score (nSPS) is 10.8. The van der Waals surface area contributed by atoms with Gasteiger partial charge in [-0.25, -0.2) is 0 Å². The van der Waals surface area contributed by atoms with Gasteiger partial charge in [0.2, 0.25) is 5.75 Å². The second kappa shape index (κ2) is 9.48. The lowest BCUT2D eigenvalue weighted by atomic mass is 10.1. The molecule has 0 aliphatic rings. The molecule has 3 rings (SSSR count). The van der Waals surface area contributed by atoms with Crippen LogP contribution in [-0.2, 0) is 0 Å². The number of carbonyl (C=O) groups excluding carboxylic acids is 1. The first kappa shape index (κ1) is 22.1. The molecule has 3 aromatic rings. The number of non-ortho nitro benzene ring substituents is 1. The number of nitrogens with zero attached hydrogens (tertiary/aromatic N) is 1. The van der Waals surface area contributed by atoms with Crippen LogP contribution in [0, 0.1) is 10.1 Å². The minimum atomic E-state index is -0.473. The van der Waals surface area contributed by atoms with Gasteiger partial charge in [0.05, 0.1) is 26.3 Å². The molecule has 1 heterocycles. The number of methoxy groups -OCH3 is 3. The van der Waals surface area contributed by atoms with E-state index < -0.39 is 4.92 Å². The average molecular weight is 488 g/mol. The predicted molar refractivity (Wildman–Crippen MR) is 118 cm³/mol. The fraction of sp³-hybridized carbons (Fsp3) is 0.136. The Bertz CT molecular complexity index is 1140. The number of nitro benzene ring substituents is 1. The van der Waals surface area contributed by atoms with E-state index in [1.54, 1.807) is 30.3 Å². The molecule has 8 nitrogen and oxygen atoms in total. The summed E-state index contributed by atoms with van der Waals surface area (Å²) in [6.07, 6.45) is 2.91. The smallest absolute Gasteiger partial charge is 0.270 e. The molecule has 31 heavy (non-hydrogen) atoms. The number of ether oxygens (including phenoxy) is 3. The van der Waals surface area contributed by atoms with Crippen molar-refractivity contribution in [3.8, 4) is 28.6 Å². The van der Waals surface area contributed by atoms with Crippen molar-refractivity contribution in [2.75, 3.05) is 21.3 Å². The monoisotopic (exact) mass is 487 g/mol. The second-order valence-corrected chi connectivity index (χ2v) is 7.09. The second-order valence-electron chi connectivity index (χ2n) is 6.23. The molecule has 0 aliphatic heterocycles.